The lowest BCUT2D eigenvalue weighted by molar-refractivity contribution is -0.128. The summed E-state index contributed by atoms with van der Waals surface area (Å²) in [7, 11) is 0. The number of nitrogens with one attached hydrogen (secondary N) is 1. The average Bonchev–Trinajstić information content (AvgIpc) is 3.32. The molecule has 0 aliphatic rings. The van der Waals surface area contributed by atoms with Crippen LogP contribution in [0.15, 0.2) is 64.8 Å². The van der Waals surface area contributed by atoms with Crippen LogP contribution in [0.2, 0.25) is 0 Å². The molecule has 0 saturated heterocycles. The quantitative estimate of drug-likeness (QED) is 0.417. The van der Waals surface area contributed by atoms with Gasteiger partial charge in [0.25, 0.3) is 0 Å². The summed E-state index contributed by atoms with van der Waals surface area (Å²) < 4.78 is 0.770. The van der Waals surface area contributed by atoms with E-state index >= 15 is 0 Å². The van der Waals surface area contributed by atoms with Crippen LogP contribution in [0, 0.1) is 0 Å². The van der Waals surface area contributed by atoms with Gasteiger partial charge in [0.15, 0.2) is 4.34 Å². The van der Waals surface area contributed by atoms with Crippen LogP contribution in [0.3, 0.4) is 0 Å². The molecule has 3 aromatic rings. The van der Waals surface area contributed by atoms with Gasteiger partial charge in [0, 0.05) is 17.1 Å². The van der Waals surface area contributed by atoms with E-state index in [1.54, 1.807) is 22.3 Å². The van der Waals surface area contributed by atoms with Crippen molar-refractivity contribution in [2.75, 3.05) is 17.6 Å². The van der Waals surface area contributed by atoms with Crippen LogP contribution >= 0.6 is 34.4 Å². The lowest BCUT2D eigenvalue weighted by Crippen LogP contribution is -2.31. The van der Waals surface area contributed by atoms with Gasteiger partial charge in [0.05, 0.1) is 12.3 Å². The molecule has 0 radical (unpaired) electrons. The van der Waals surface area contributed by atoms with Crippen molar-refractivity contribution >= 4 is 51.2 Å². The van der Waals surface area contributed by atoms with Gasteiger partial charge in [0.1, 0.15) is 0 Å². The van der Waals surface area contributed by atoms with E-state index < -0.39 is 0 Å². The minimum absolute atomic E-state index is 0.0658. The zero-order valence-corrected chi connectivity index (χ0v) is 16.4. The number of thioether (sulfide) groups is 1. The number of amides is 1. The first-order valence-electron chi connectivity index (χ1n) is 7.94. The molecular weight excluding hydrogens is 384 g/mol. The predicted octanol–water partition coefficient (Wildman–Crippen LogP) is 4.65. The third-order valence-electron chi connectivity index (χ3n) is 3.38. The molecule has 2 aromatic heterocycles. The Morgan fingerprint density at radius 2 is 2.08 bits per heavy atom. The number of anilines is 2. The lowest BCUT2D eigenvalue weighted by Gasteiger charge is -2.19. The van der Waals surface area contributed by atoms with Crippen LogP contribution in [0.25, 0.3) is 0 Å². The van der Waals surface area contributed by atoms with Gasteiger partial charge < -0.3 is 10.2 Å². The van der Waals surface area contributed by atoms with Crippen LogP contribution in [-0.4, -0.2) is 33.3 Å². The Morgan fingerprint density at radius 3 is 2.81 bits per heavy atom. The van der Waals surface area contributed by atoms with Crippen LogP contribution in [0.1, 0.15) is 4.88 Å². The Bertz CT molecular complexity index is 833. The average molecular weight is 403 g/mol. The Labute approximate surface area is 164 Å². The smallest absolute Gasteiger partial charge is 0.233 e. The van der Waals surface area contributed by atoms with E-state index in [1.807, 2.05) is 47.8 Å². The van der Waals surface area contributed by atoms with Gasteiger partial charge in [-0.25, -0.2) is 0 Å². The molecule has 0 bridgehead atoms. The SMILES string of the molecule is C=CCN(Cc1cccs1)C(=O)CSc1nnc(Nc2ccccc2)s1. The van der Waals surface area contributed by atoms with Crippen molar-refractivity contribution in [1.29, 1.82) is 0 Å². The van der Waals surface area contributed by atoms with Gasteiger partial charge in [0.2, 0.25) is 11.0 Å². The number of thiophene rings is 1. The second kappa shape index (κ2) is 9.51. The largest absolute Gasteiger partial charge is 0.333 e. The van der Waals surface area contributed by atoms with Crippen LogP contribution in [-0.2, 0) is 11.3 Å². The number of carbonyl (C=O) groups excluding carboxylic acids is 1. The second-order valence-electron chi connectivity index (χ2n) is 5.30. The van der Waals surface area contributed by atoms with E-state index in [0.717, 1.165) is 14.9 Å². The molecule has 8 heteroatoms. The molecule has 1 N–H and O–H groups in total. The molecule has 0 spiro atoms. The van der Waals surface area contributed by atoms with E-state index in [2.05, 4.69) is 22.1 Å². The van der Waals surface area contributed by atoms with Crippen LogP contribution in [0.5, 0.6) is 0 Å². The summed E-state index contributed by atoms with van der Waals surface area (Å²) >= 11 is 4.50. The van der Waals surface area contributed by atoms with Crippen molar-refractivity contribution in [3.8, 4) is 0 Å². The van der Waals surface area contributed by atoms with Gasteiger partial charge in [-0.05, 0) is 23.6 Å². The fourth-order valence-corrected chi connectivity index (χ4v) is 4.57. The van der Waals surface area contributed by atoms with Crippen molar-refractivity contribution in [1.82, 2.24) is 15.1 Å². The first-order valence-corrected chi connectivity index (χ1v) is 10.6. The third kappa shape index (κ3) is 5.42. The lowest BCUT2D eigenvalue weighted by atomic mass is 10.3. The summed E-state index contributed by atoms with van der Waals surface area (Å²) in [5.41, 5.74) is 0.962. The first-order chi connectivity index (χ1) is 12.7. The zero-order chi connectivity index (χ0) is 18.2. The summed E-state index contributed by atoms with van der Waals surface area (Å²) in [6.07, 6.45) is 1.75. The van der Waals surface area contributed by atoms with Gasteiger partial charge in [-0.1, -0.05) is 53.4 Å². The molecule has 3 rings (SSSR count). The standard InChI is InChI=1S/C18H18N4OS3/c1-2-10-22(12-15-9-6-11-24-15)16(23)13-25-18-21-20-17(26-18)19-14-7-4-3-5-8-14/h2-9,11H,1,10,12-13H2,(H,19,20). The maximum Gasteiger partial charge on any atom is 0.233 e. The van der Waals surface area contributed by atoms with Gasteiger partial charge in [-0.3, -0.25) is 4.79 Å². The highest BCUT2D eigenvalue weighted by atomic mass is 32.2. The van der Waals surface area contributed by atoms with Crippen molar-refractivity contribution in [3.63, 3.8) is 0 Å². The zero-order valence-electron chi connectivity index (χ0n) is 14.0. The Morgan fingerprint density at radius 1 is 1.23 bits per heavy atom. The topological polar surface area (TPSA) is 58.1 Å². The maximum absolute atomic E-state index is 12.5. The number of hydrogen-bond acceptors (Lipinski definition) is 7. The van der Waals surface area contributed by atoms with Crippen molar-refractivity contribution in [2.45, 2.75) is 10.9 Å². The fraction of sp³-hybridized carbons (Fsp3) is 0.167. The number of rotatable bonds is 9. The van der Waals surface area contributed by atoms with Crippen molar-refractivity contribution in [3.05, 3.63) is 65.4 Å². The minimum atomic E-state index is 0.0658. The molecule has 134 valence electrons. The summed E-state index contributed by atoms with van der Waals surface area (Å²) in [6, 6.07) is 13.8. The van der Waals surface area contributed by atoms with Crippen molar-refractivity contribution < 1.29 is 4.79 Å². The Kier molecular flexibility index (Phi) is 6.82. The van der Waals surface area contributed by atoms with E-state index in [9.17, 15) is 4.79 Å². The summed E-state index contributed by atoms with van der Waals surface area (Å²) in [6.45, 7) is 4.89. The fourth-order valence-electron chi connectivity index (χ4n) is 2.18. The highest BCUT2D eigenvalue weighted by Gasteiger charge is 2.15. The molecule has 0 aliphatic heterocycles. The maximum atomic E-state index is 12.5. The predicted molar refractivity (Wildman–Crippen MR) is 110 cm³/mol. The normalized spacial score (nSPS) is 10.5. The van der Waals surface area contributed by atoms with E-state index in [4.69, 9.17) is 0 Å². The van der Waals surface area contributed by atoms with Crippen LogP contribution in [0.4, 0.5) is 10.8 Å². The number of para-hydroxylation sites is 1. The molecule has 5 nitrogen and oxygen atoms in total. The minimum Gasteiger partial charge on any atom is -0.333 e. The molecule has 1 amide bonds. The Hall–Kier alpha value is -2.16. The third-order valence-corrected chi connectivity index (χ3v) is 6.20. The second-order valence-corrected chi connectivity index (χ2v) is 8.53. The molecule has 0 unspecified atom stereocenters. The number of aromatic nitrogens is 2. The van der Waals surface area contributed by atoms with Gasteiger partial charge in [-0.2, -0.15) is 0 Å². The molecule has 2 heterocycles. The summed E-state index contributed by atoms with van der Waals surface area (Å²) in [4.78, 5) is 15.5. The van der Waals surface area contributed by atoms with Gasteiger partial charge in [-0.15, -0.1) is 28.1 Å². The molecule has 0 saturated carbocycles. The number of nitrogens with zero attached hydrogens (tertiary/aromatic N) is 3. The van der Waals surface area contributed by atoms with E-state index in [0.29, 0.717) is 24.0 Å². The summed E-state index contributed by atoms with van der Waals surface area (Å²) in [5.74, 6) is 0.398. The highest BCUT2D eigenvalue weighted by Crippen LogP contribution is 2.28. The van der Waals surface area contributed by atoms with Crippen LogP contribution < -0.4 is 5.32 Å². The molecule has 26 heavy (non-hydrogen) atoms. The van der Waals surface area contributed by atoms with Gasteiger partial charge >= 0.3 is 0 Å². The molecule has 0 aliphatic carbocycles. The number of benzene rings is 1. The first kappa shape index (κ1) is 18.6. The Balaban J connectivity index is 1.54. The highest BCUT2D eigenvalue weighted by molar-refractivity contribution is 8.01. The number of hydrogen-bond donors (Lipinski definition) is 1. The monoisotopic (exact) mass is 402 g/mol. The van der Waals surface area contributed by atoms with E-state index in [1.165, 1.54) is 23.1 Å². The molecule has 0 atom stereocenters. The van der Waals surface area contributed by atoms with Crippen molar-refractivity contribution in [2.24, 2.45) is 0 Å². The summed E-state index contributed by atoms with van der Waals surface area (Å²) in [5, 5.41) is 14.2. The van der Waals surface area contributed by atoms with E-state index in [-0.39, 0.29) is 5.91 Å². The molecule has 0 fully saturated rings. The molecule has 1 aromatic carbocycles. The number of carbonyl (C=O) groups is 1. The molecular formula is C18H18N4OS3.